The molecule has 0 aliphatic heterocycles. The zero-order valence-electron chi connectivity index (χ0n) is 20.5. The molecule has 1 fully saturated rings. The Morgan fingerprint density at radius 1 is 0.611 bits per heavy atom. The number of esters is 1. The minimum atomic E-state index is -1.32. The van der Waals surface area contributed by atoms with E-state index in [1.165, 1.54) is 0 Å². The van der Waals surface area contributed by atoms with Crippen molar-refractivity contribution in [3.8, 4) is 0 Å². The fourth-order valence-corrected chi connectivity index (χ4v) is 6.07. The summed E-state index contributed by atoms with van der Waals surface area (Å²) in [7, 11) is 0. The lowest BCUT2D eigenvalue weighted by Gasteiger charge is -2.67. The fourth-order valence-electron chi connectivity index (χ4n) is 6.07. The molecule has 1 aliphatic rings. The third kappa shape index (κ3) is 2.99. The van der Waals surface area contributed by atoms with Crippen LogP contribution in [0.5, 0.6) is 0 Å². The largest absolute Gasteiger partial charge is 0.452 e. The number of carbonyl (C=O) groups is 2. The molecule has 0 spiro atoms. The Bertz CT molecular complexity index is 1240. The summed E-state index contributed by atoms with van der Waals surface area (Å²) < 4.78 is 6.50. The van der Waals surface area contributed by atoms with Crippen LogP contribution in [0, 0.1) is 0 Å². The molecule has 3 heteroatoms. The molecule has 0 atom stereocenters. The van der Waals surface area contributed by atoms with Gasteiger partial charge in [0.15, 0.2) is 11.4 Å². The molecule has 0 bridgehead atoms. The van der Waals surface area contributed by atoms with E-state index in [1.807, 2.05) is 128 Å². The first kappa shape index (κ1) is 23.5. The number of benzene rings is 4. The Kier molecular flexibility index (Phi) is 5.72. The molecule has 0 N–H and O–H groups in total. The van der Waals surface area contributed by atoms with Crippen molar-refractivity contribution < 1.29 is 14.3 Å². The summed E-state index contributed by atoms with van der Waals surface area (Å²) in [5.41, 5.74) is -0.416. The van der Waals surface area contributed by atoms with E-state index in [2.05, 4.69) is 6.58 Å². The van der Waals surface area contributed by atoms with Crippen LogP contribution in [0.2, 0.25) is 0 Å². The Morgan fingerprint density at radius 2 is 0.889 bits per heavy atom. The molecule has 0 radical (unpaired) electrons. The molecular weight excluding hydrogens is 444 g/mol. The molecule has 1 saturated carbocycles. The van der Waals surface area contributed by atoms with Crippen LogP contribution in [-0.4, -0.2) is 17.4 Å². The van der Waals surface area contributed by atoms with Gasteiger partial charge in [-0.1, -0.05) is 128 Å². The summed E-state index contributed by atoms with van der Waals surface area (Å²) in [5.74, 6) is -0.570. The SMILES string of the molecule is C=C(C)C(=O)OC1(C)C(c2ccccc2)(c2ccccc2)C(=O)C1(c1ccccc1)c1ccccc1. The van der Waals surface area contributed by atoms with E-state index in [-0.39, 0.29) is 11.4 Å². The van der Waals surface area contributed by atoms with Gasteiger partial charge in [-0.2, -0.15) is 0 Å². The number of hydrogen-bond acceptors (Lipinski definition) is 3. The Labute approximate surface area is 212 Å². The van der Waals surface area contributed by atoms with E-state index in [1.54, 1.807) is 6.92 Å². The first-order valence-electron chi connectivity index (χ1n) is 12.1. The Hall–Kier alpha value is -4.24. The lowest BCUT2D eigenvalue weighted by atomic mass is 9.35. The van der Waals surface area contributed by atoms with Crippen LogP contribution in [0.4, 0.5) is 0 Å². The second-order valence-electron chi connectivity index (χ2n) is 9.50. The van der Waals surface area contributed by atoms with Crippen LogP contribution < -0.4 is 0 Å². The highest BCUT2D eigenvalue weighted by molar-refractivity contribution is 6.15. The van der Waals surface area contributed by atoms with Gasteiger partial charge in [-0.15, -0.1) is 0 Å². The molecule has 5 rings (SSSR count). The second kappa shape index (κ2) is 8.76. The molecule has 3 nitrogen and oxygen atoms in total. The zero-order valence-corrected chi connectivity index (χ0v) is 20.5. The monoisotopic (exact) mass is 472 g/mol. The van der Waals surface area contributed by atoms with Crippen molar-refractivity contribution in [1.29, 1.82) is 0 Å². The molecule has 4 aromatic rings. The van der Waals surface area contributed by atoms with Gasteiger partial charge in [-0.25, -0.2) is 4.79 Å². The minimum Gasteiger partial charge on any atom is -0.452 e. The van der Waals surface area contributed by atoms with Gasteiger partial charge in [0.25, 0.3) is 0 Å². The smallest absolute Gasteiger partial charge is 0.333 e. The van der Waals surface area contributed by atoms with Crippen molar-refractivity contribution in [2.75, 3.05) is 0 Å². The van der Waals surface area contributed by atoms with Gasteiger partial charge in [0.1, 0.15) is 10.8 Å². The van der Waals surface area contributed by atoms with E-state index >= 15 is 4.79 Å². The summed E-state index contributed by atoms with van der Waals surface area (Å²) in [6, 6.07) is 38.5. The van der Waals surface area contributed by atoms with Crippen LogP contribution in [0.25, 0.3) is 0 Å². The van der Waals surface area contributed by atoms with E-state index in [9.17, 15) is 4.79 Å². The van der Waals surface area contributed by atoms with Gasteiger partial charge >= 0.3 is 5.97 Å². The highest BCUT2D eigenvalue weighted by Gasteiger charge is 2.83. The van der Waals surface area contributed by atoms with Gasteiger partial charge in [0, 0.05) is 5.57 Å². The highest BCUT2D eigenvalue weighted by Crippen LogP contribution is 2.67. The molecule has 0 saturated heterocycles. The maximum absolute atomic E-state index is 15.2. The topological polar surface area (TPSA) is 43.4 Å². The van der Waals surface area contributed by atoms with Crippen molar-refractivity contribution in [3.05, 3.63) is 156 Å². The zero-order chi connectivity index (χ0) is 25.4. The van der Waals surface area contributed by atoms with Crippen LogP contribution in [-0.2, 0) is 25.2 Å². The van der Waals surface area contributed by atoms with Crippen molar-refractivity contribution in [2.45, 2.75) is 30.3 Å². The second-order valence-corrected chi connectivity index (χ2v) is 9.50. The summed E-state index contributed by atoms with van der Waals surface area (Å²) in [6.07, 6.45) is 0. The number of ether oxygens (including phenoxy) is 1. The van der Waals surface area contributed by atoms with Gasteiger partial charge < -0.3 is 4.74 Å². The van der Waals surface area contributed by atoms with Gasteiger partial charge in [0.2, 0.25) is 0 Å². The maximum Gasteiger partial charge on any atom is 0.333 e. The van der Waals surface area contributed by atoms with Crippen LogP contribution in [0.1, 0.15) is 36.1 Å². The van der Waals surface area contributed by atoms with E-state index < -0.39 is 22.4 Å². The molecule has 0 aromatic heterocycles. The quantitative estimate of drug-likeness (QED) is 0.240. The average molecular weight is 473 g/mol. The number of rotatable bonds is 6. The first-order valence-corrected chi connectivity index (χ1v) is 12.1. The molecule has 1 aliphatic carbocycles. The lowest BCUT2D eigenvalue weighted by Crippen LogP contribution is -2.83. The Morgan fingerprint density at radius 3 is 1.14 bits per heavy atom. The fraction of sp³-hybridized carbons (Fsp3) is 0.152. The molecule has 36 heavy (non-hydrogen) atoms. The number of Topliss-reactive ketones (excluding diaryl/α,β-unsaturated/α-hetero) is 1. The van der Waals surface area contributed by atoms with Crippen molar-refractivity contribution in [1.82, 2.24) is 0 Å². The van der Waals surface area contributed by atoms with E-state index in [0.29, 0.717) is 0 Å². The summed E-state index contributed by atoms with van der Waals surface area (Å²) in [5, 5.41) is 0. The summed E-state index contributed by atoms with van der Waals surface area (Å²) in [4.78, 5) is 28.5. The third-order valence-electron chi connectivity index (χ3n) is 7.58. The number of carbonyl (C=O) groups excluding carboxylic acids is 2. The average Bonchev–Trinajstić information content (AvgIpc) is 2.91. The van der Waals surface area contributed by atoms with Crippen molar-refractivity contribution in [2.24, 2.45) is 0 Å². The molecule has 4 aromatic carbocycles. The van der Waals surface area contributed by atoms with Gasteiger partial charge in [0.05, 0.1) is 0 Å². The predicted octanol–water partition coefficient (Wildman–Crippen LogP) is 6.42. The number of hydrogen-bond donors (Lipinski definition) is 0. The summed E-state index contributed by atoms with van der Waals surface area (Å²) >= 11 is 0. The van der Waals surface area contributed by atoms with Gasteiger partial charge in [-0.3, -0.25) is 4.79 Å². The molecule has 0 heterocycles. The number of ketones is 1. The molecule has 0 unspecified atom stereocenters. The lowest BCUT2D eigenvalue weighted by molar-refractivity contribution is -0.197. The summed E-state index contributed by atoms with van der Waals surface area (Å²) in [6.45, 7) is 7.37. The Balaban J connectivity index is 1.93. The van der Waals surface area contributed by atoms with Gasteiger partial charge in [-0.05, 0) is 36.1 Å². The van der Waals surface area contributed by atoms with Crippen molar-refractivity contribution in [3.63, 3.8) is 0 Å². The van der Waals surface area contributed by atoms with Crippen LogP contribution >= 0.6 is 0 Å². The molecule has 0 amide bonds. The van der Waals surface area contributed by atoms with Crippen molar-refractivity contribution >= 4 is 11.8 Å². The molecule has 178 valence electrons. The molecular formula is C33H28O3. The van der Waals surface area contributed by atoms with E-state index in [4.69, 9.17) is 4.74 Å². The third-order valence-corrected chi connectivity index (χ3v) is 7.58. The normalized spacial score (nSPS) is 17.0. The standard InChI is InChI=1S/C33H28O3/c1-24(2)29(34)36-31(3)32(25-16-8-4-9-17-25,26-18-10-5-11-19-26)30(35)33(31,27-20-12-6-13-21-27)28-22-14-7-15-23-28/h4-23H,1H2,2-3H3. The minimum absolute atomic E-state index is 0.0400. The maximum atomic E-state index is 15.2. The van der Waals surface area contributed by atoms with Crippen LogP contribution in [0.3, 0.4) is 0 Å². The highest BCUT2D eigenvalue weighted by atomic mass is 16.6. The first-order chi connectivity index (χ1) is 17.4. The van der Waals surface area contributed by atoms with E-state index in [0.717, 1.165) is 22.3 Å². The van der Waals surface area contributed by atoms with Crippen LogP contribution in [0.15, 0.2) is 133 Å². The predicted molar refractivity (Wildman–Crippen MR) is 142 cm³/mol.